The largest absolute Gasteiger partial charge is 0.492 e. The molecule has 0 aliphatic carbocycles. The fraction of sp³-hybridized carbons (Fsp3) is 0.280. The molecule has 1 aliphatic rings. The van der Waals surface area contributed by atoms with Gasteiger partial charge < -0.3 is 14.8 Å². The van der Waals surface area contributed by atoms with Crippen molar-refractivity contribution in [1.82, 2.24) is 24.2 Å². The van der Waals surface area contributed by atoms with E-state index in [9.17, 15) is 4.21 Å². The lowest BCUT2D eigenvalue weighted by Gasteiger charge is -2.26. The van der Waals surface area contributed by atoms with Crippen LogP contribution >= 0.6 is 0 Å². The highest BCUT2D eigenvalue weighted by atomic mass is 32.2. The van der Waals surface area contributed by atoms with Gasteiger partial charge >= 0.3 is 0 Å². The molecule has 10 nitrogen and oxygen atoms in total. The first-order valence-electron chi connectivity index (χ1n) is 11.7. The highest BCUT2D eigenvalue weighted by Gasteiger charge is 2.13. The smallest absolute Gasteiger partial charge is 0.245 e. The number of nitrogens with one attached hydrogen (secondary N) is 2. The minimum absolute atomic E-state index is 0.251. The maximum absolute atomic E-state index is 11.1. The minimum Gasteiger partial charge on any atom is -0.492 e. The Morgan fingerprint density at radius 3 is 2.81 bits per heavy atom. The third-order valence-corrected chi connectivity index (χ3v) is 6.34. The predicted molar refractivity (Wildman–Crippen MR) is 139 cm³/mol. The van der Waals surface area contributed by atoms with Crippen LogP contribution in [0.2, 0.25) is 0 Å². The predicted octanol–water partition coefficient (Wildman–Crippen LogP) is 3.08. The van der Waals surface area contributed by atoms with Crippen LogP contribution in [-0.2, 0) is 22.5 Å². The lowest BCUT2D eigenvalue weighted by Crippen LogP contribution is -2.38. The number of hydrogen-bond donors (Lipinski definition) is 3. The van der Waals surface area contributed by atoms with Crippen molar-refractivity contribution in [3.63, 3.8) is 0 Å². The molecule has 0 amide bonds. The van der Waals surface area contributed by atoms with Crippen LogP contribution in [-0.4, -0.2) is 67.7 Å². The zero-order valence-corrected chi connectivity index (χ0v) is 20.5. The third-order valence-electron chi connectivity index (χ3n) is 5.95. The number of ether oxygens (including phenoxy) is 2. The third kappa shape index (κ3) is 6.07. The lowest BCUT2D eigenvalue weighted by molar-refractivity contribution is 0.0322. The van der Waals surface area contributed by atoms with Gasteiger partial charge in [0.25, 0.3) is 0 Å². The second kappa shape index (κ2) is 11.6. The average Bonchev–Trinajstić information content (AvgIpc) is 3.32. The number of nitrogens with zero attached hydrogens (tertiary/aromatic N) is 4. The minimum atomic E-state index is -2.09. The van der Waals surface area contributed by atoms with Gasteiger partial charge in [0, 0.05) is 43.5 Å². The molecule has 1 aliphatic heterocycles. The number of benzene rings is 2. The van der Waals surface area contributed by atoms with Crippen LogP contribution in [0, 0.1) is 0 Å². The second-order valence-electron chi connectivity index (χ2n) is 8.32. The van der Waals surface area contributed by atoms with Gasteiger partial charge in [-0.2, -0.15) is 0 Å². The van der Waals surface area contributed by atoms with Gasteiger partial charge in [-0.25, -0.2) is 18.4 Å². The van der Waals surface area contributed by atoms with Crippen molar-refractivity contribution in [3.05, 3.63) is 72.4 Å². The molecule has 1 fully saturated rings. The molecule has 1 unspecified atom stereocenters. The van der Waals surface area contributed by atoms with E-state index in [4.69, 9.17) is 19.1 Å². The Morgan fingerprint density at radius 2 is 1.94 bits per heavy atom. The molecule has 11 heteroatoms. The molecule has 36 heavy (non-hydrogen) atoms. The molecule has 0 saturated carbocycles. The van der Waals surface area contributed by atoms with E-state index >= 15 is 0 Å². The Morgan fingerprint density at radius 1 is 1.08 bits per heavy atom. The van der Waals surface area contributed by atoms with Crippen molar-refractivity contribution in [3.8, 4) is 17.0 Å². The van der Waals surface area contributed by atoms with Crippen LogP contribution in [0.25, 0.3) is 16.8 Å². The summed E-state index contributed by atoms with van der Waals surface area (Å²) in [5.41, 5.74) is 4.31. The fourth-order valence-electron chi connectivity index (χ4n) is 4.14. The Hall–Kier alpha value is -3.35. The molecule has 3 heterocycles. The number of hydrogen-bond acceptors (Lipinski definition) is 7. The van der Waals surface area contributed by atoms with E-state index in [2.05, 4.69) is 19.9 Å². The van der Waals surface area contributed by atoms with Crippen molar-refractivity contribution >= 4 is 28.4 Å². The number of aromatic nitrogens is 3. The standard InChI is InChI=1S/C25H28N6O4S/c32-36(33)27-17-19-4-1-2-7-23(19)24-9-8-21-18-26-25(29-31(21)24)28-20-5-3-6-22(16-20)35-15-12-30-10-13-34-14-11-30/h1-9,16,18,27H,10-15,17H2,(H,28,29)(H,32,33). The Bertz CT molecular complexity index is 1340. The first-order valence-corrected chi connectivity index (χ1v) is 12.8. The molecule has 1 saturated heterocycles. The number of fused-ring (bicyclic) bond motifs is 1. The SMILES string of the molecule is O=S(O)NCc1ccccc1-c1ccc2cnc(Nc3cccc(OCCN4CCOCC4)c3)nn12. The zero-order chi connectivity index (χ0) is 24.7. The number of rotatable bonds is 10. The van der Waals surface area contributed by atoms with Crippen LogP contribution in [0.5, 0.6) is 5.75 Å². The summed E-state index contributed by atoms with van der Waals surface area (Å²) in [7, 11) is 0. The summed E-state index contributed by atoms with van der Waals surface area (Å²) < 4.78 is 35.9. The molecule has 1 atom stereocenters. The molecule has 188 valence electrons. The van der Waals surface area contributed by atoms with Gasteiger partial charge in [0.1, 0.15) is 12.4 Å². The molecule has 0 bridgehead atoms. The first-order chi connectivity index (χ1) is 17.7. The summed E-state index contributed by atoms with van der Waals surface area (Å²) in [6.07, 6.45) is 1.76. The van der Waals surface area contributed by atoms with E-state index in [0.29, 0.717) is 12.6 Å². The van der Waals surface area contributed by atoms with Crippen LogP contribution < -0.4 is 14.8 Å². The van der Waals surface area contributed by atoms with Crippen molar-refractivity contribution in [1.29, 1.82) is 0 Å². The Balaban J connectivity index is 1.31. The summed E-state index contributed by atoms with van der Waals surface area (Å²) in [5, 5.41) is 7.97. The first kappa shape index (κ1) is 24.3. The van der Waals surface area contributed by atoms with Crippen molar-refractivity contribution < 1.29 is 18.2 Å². The fourth-order valence-corrected chi connectivity index (χ4v) is 4.42. The summed E-state index contributed by atoms with van der Waals surface area (Å²) in [4.78, 5) is 6.79. The van der Waals surface area contributed by atoms with Gasteiger partial charge in [-0.05, 0) is 29.8 Å². The van der Waals surface area contributed by atoms with Gasteiger partial charge in [0.05, 0.1) is 30.6 Å². The van der Waals surface area contributed by atoms with Crippen LogP contribution in [0.1, 0.15) is 5.56 Å². The molecular formula is C25H28N6O4S. The maximum atomic E-state index is 11.1. The monoisotopic (exact) mass is 508 g/mol. The number of morpholine rings is 1. The molecule has 3 N–H and O–H groups in total. The summed E-state index contributed by atoms with van der Waals surface area (Å²) in [6, 6.07) is 19.3. The Labute approximate surface area is 211 Å². The summed E-state index contributed by atoms with van der Waals surface area (Å²) in [5.74, 6) is 1.22. The molecule has 2 aromatic heterocycles. The van der Waals surface area contributed by atoms with Crippen molar-refractivity contribution in [2.24, 2.45) is 0 Å². The van der Waals surface area contributed by atoms with E-state index in [1.807, 2.05) is 65.2 Å². The van der Waals surface area contributed by atoms with Crippen LogP contribution in [0.4, 0.5) is 11.6 Å². The average molecular weight is 509 g/mol. The topological polar surface area (TPSA) is 113 Å². The van der Waals surface area contributed by atoms with E-state index in [0.717, 1.165) is 66.6 Å². The van der Waals surface area contributed by atoms with Gasteiger partial charge in [0.2, 0.25) is 17.2 Å². The highest BCUT2D eigenvalue weighted by Crippen LogP contribution is 2.26. The van der Waals surface area contributed by atoms with Crippen LogP contribution in [0.3, 0.4) is 0 Å². The molecular weight excluding hydrogens is 480 g/mol. The molecule has 2 aromatic carbocycles. The number of anilines is 2. The zero-order valence-electron chi connectivity index (χ0n) is 19.7. The summed E-state index contributed by atoms with van der Waals surface area (Å²) in [6.45, 7) is 5.15. The lowest BCUT2D eigenvalue weighted by atomic mass is 10.1. The maximum Gasteiger partial charge on any atom is 0.245 e. The van der Waals surface area contributed by atoms with Gasteiger partial charge in [0.15, 0.2) is 0 Å². The van der Waals surface area contributed by atoms with E-state index in [1.54, 1.807) is 6.20 Å². The molecule has 0 spiro atoms. The van der Waals surface area contributed by atoms with Gasteiger partial charge in [-0.15, -0.1) is 5.10 Å². The molecule has 0 radical (unpaired) electrons. The normalized spacial score (nSPS) is 15.1. The molecule has 4 aromatic rings. The highest BCUT2D eigenvalue weighted by molar-refractivity contribution is 7.77. The second-order valence-corrected chi connectivity index (χ2v) is 9.11. The van der Waals surface area contributed by atoms with Gasteiger partial charge in [-0.3, -0.25) is 9.45 Å². The van der Waals surface area contributed by atoms with E-state index < -0.39 is 11.3 Å². The molecule has 5 rings (SSSR count). The van der Waals surface area contributed by atoms with E-state index in [1.165, 1.54) is 0 Å². The van der Waals surface area contributed by atoms with Crippen molar-refractivity contribution in [2.75, 3.05) is 44.8 Å². The van der Waals surface area contributed by atoms with Crippen LogP contribution in [0.15, 0.2) is 66.9 Å². The quantitative estimate of drug-likeness (QED) is 0.280. The van der Waals surface area contributed by atoms with E-state index in [-0.39, 0.29) is 6.54 Å². The van der Waals surface area contributed by atoms with Crippen molar-refractivity contribution in [2.45, 2.75) is 6.54 Å². The Kier molecular flexibility index (Phi) is 7.84. The van der Waals surface area contributed by atoms with Gasteiger partial charge in [-0.1, -0.05) is 30.3 Å². The summed E-state index contributed by atoms with van der Waals surface area (Å²) >= 11 is -2.09.